The Morgan fingerprint density at radius 1 is 0.857 bits per heavy atom. The molecule has 5 aliphatic carbocycles. The summed E-state index contributed by atoms with van der Waals surface area (Å²) in [6, 6.07) is 0. The largest absolute Gasteiger partial charge is 0.481 e. The Labute approximate surface area is 211 Å². The van der Waals surface area contributed by atoms with Gasteiger partial charge in [0.15, 0.2) is 0 Å². The van der Waals surface area contributed by atoms with Gasteiger partial charge in [0.05, 0.1) is 17.6 Å². The van der Waals surface area contributed by atoms with Crippen LogP contribution in [0.2, 0.25) is 0 Å². The predicted octanol–water partition coefficient (Wildman–Crippen LogP) is 5.18. The fourth-order valence-electron chi connectivity index (χ4n) is 10.7. The number of aliphatic carboxylic acids is 1. The standard InChI is InChI=1S/C30H48O5/c1-25(2)12-14-30(24(34)35)15-13-27(5)17(18(30)16-25)8-9-20-28(27,6)11-10-19-26(3,4)22(32)21(31)23(33)29(19,20)7/h8,18-23,31-33H,9-16H2,1-7H3,(H,34,35)/t18-,19-,20-,21+,22-,23-,27+,28+,29-,30-/m0/s1. The molecule has 0 aromatic heterocycles. The summed E-state index contributed by atoms with van der Waals surface area (Å²) in [5.74, 6) is -0.292. The second-order valence-electron chi connectivity index (χ2n) is 15.2. The predicted molar refractivity (Wildman–Crippen MR) is 135 cm³/mol. The van der Waals surface area contributed by atoms with Gasteiger partial charge in [0.1, 0.15) is 6.10 Å². The zero-order chi connectivity index (χ0) is 26.0. The molecule has 198 valence electrons. The third-order valence-electron chi connectivity index (χ3n) is 13.2. The van der Waals surface area contributed by atoms with Crippen molar-refractivity contribution in [2.45, 2.75) is 118 Å². The summed E-state index contributed by atoms with van der Waals surface area (Å²) in [5, 5.41) is 43.9. The molecule has 0 unspecified atom stereocenters. The van der Waals surface area contributed by atoms with Crippen LogP contribution < -0.4 is 0 Å². The van der Waals surface area contributed by atoms with E-state index in [4.69, 9.17) is 0 Å². The minimum atomic E-state index is -1.16. The number of carboxylic acids is 1. The second kappa shape index (κ2) is 7.35. The first kappa shape index (κ1) is 25.7. The summed E-state index contributed by atoms with van der Waals surface area (Å²) in [4.78, 5) is 12.8. The highest BCUT2D eigenvalue weighted by molar-refractivity contribution is 5.76. The molecule has 5 heteroatoms. The maximum absolute atomic E-state index is 12.8. The number of rotatable bonds is 1. The van der Waals surface area contributed by atoms with E-state index in [1.807, 2.05) is 0 Å². The van der Waals surface area contributed by atoms with Crippen LogP contribution in [0.1, 0.15) is 99.8 Å². The van der Waals surface area contributed by atoms with E-state index in [-0.39, 0.29) is 34.0 Å². The first-order valence-corrected chi connectivity index (χ1v) is 14.0. The van der Waals surface area contributed by atoms with Crippen molar-refractivity contribution in [2.24, 2.45) is 50.2 Å². The average molecular weight is 489 g/mol. The highest BCUT2D eigenvalue weighted by Gasteiger charge is 2.72. The molecule has 4 saturated carbocycles. The maximum Gasteiger partial charge on any atom is 0.310 e. The van der Waals surface area contributed by atoms with Gasteiger partial charge in [0.2, 0.25) is 0 Å². The van der Waals surface area contributed by atoms with Crippen LogP contribution in [0.3, 0.4) is 0 Å². The molecule has 0 aromatic carbocycles. The van der Waals surface area contributed by atoms with Gasteiger partial charge in [-0.25, -0.2) is 0 Å². The molecular weight excluding hydrogens is 440 g/mol. The van der Waals surface area contributed by atoms with Gasteiger partial charge in [-0.3, -0.25) is 4.79 Å². The topological polar surface area (TPSA) is 98.0 Å². The van der Waals surface area contributed by atoms with Crippen molar-refractivity contribution < 1.29 is 25.2 Å². The molecule has 10 atom stereocenters. The molecule has 0 spiro atoms. The van der Waals surface area contributed by atoms with E-state index in [1.54, 1.807) is 0 Å². The molecule has 0 saturated heterocycles. The zero-order valence-electron chi connectivity index (χ0n) is 22.9. The van der Waals surface area contributed by atoms with Crippen molar-refractivity contribution in [2.75, 3.05) is 0 Å². The van der Waals surface area contributed by atoms with Crippen LogP contribution in [0.4, 0.5) is 0 Å². The van der Waals surface area contributed by atoms with Crippen LogP contribution >= 0.6 is 0 Å². The number of hydrogen-bond donors (Lipinski definition) is 4. The van der Waals surface area contributed by atoms with Crippen LogP contribution in [0, 0.1) is 50.2 Å². The molecular formula is C30H48O5. The van der Waals surface area contributed by atoms with Crippen molar-refractivity contribution in [3.63, 3.8) is 0 Å². The maximum atomic E-state index is 12.8. The number of allylic oxidation sites excluding steroid dienone is 2. The molecule has 0 aromatic rings. The summed E-state index contributed by atoms with van der Waals surface area (Å²) in [7, 11) is 0. The number of aliphatic hydroxyl groups is 3. The number of fused-ring (bicyclic) bond motifs is 7. The summed E-state index contributed by atoms with van der Waals surface area (Å²) in [5.41, 5.74) is -0.402. The summed E-state index contributed by atoms with van der Waals surface area (Å²) >= 11 is 0. The van der Waals surface area contributed by atoms with Crippen molar-refractivity contribution in [3.8, 4) is 0 Å². The number of aliphatic hydroxyl groups excluding tert-OH is 3. The fraction of sp³-hybridized carbons (Fsp3) is 0.900. The van der Waals surface area contributed by atoms with Crippen molar-refractivity contribution >= 4 is 5.97 Å². The SMILES string of the molecule is CC1(C)CC[C@]2(C(=O)O)CC[C@]3(C)C(=CC[C@@H]4[C@@]5(C)[C@@H](O)[C@H](O)[C@H](O)C(C)(C)[C@@H]5CC[C@]43C)[C@@H]2C1. The first-order chi connectivity index (χ1) is 16.0. The Morgan fingerprint density at radius 2 is 1.49 bits per heavy atom. The van der Waals surface area contributed by atoms with E-state index < -0.39 is 40.5 Å². The van der Waals surface area contributed by atoms with E-state index in [1.165, 1.54) is 5.57 Å². The summed E-state index contributed by atoms with van der Waals surface area (Å²) in [6.07, 6.45) is 6.22. The highest BCUT2D eigenvalue weighted by atomic mass is 16.4. The van der Waals surface area contributed by atoms with E-state index >= 15 is 0 Å². The smallest absolute Gasteiger partial charge is 0.310 e. The Morgan fingerprint density at radius 3 is 2.11 bits per heavy atom. The molecule has 4 N–H and O–H groups in total. The van der Waals surface area contributed by atoms with Gasteiger partial charge in [0.25, 0.3) is 0 Å². The van der Waals surface area contributed by atoms with E-state index in [0.29, 0.717) is 0 Å². The molecule has 5 nitrogen and oxygen atoms in total. The van der Waals surface area contributed by atoms with Gasteiger partial charge in [-0.1, -0.05) is 60.1 Å². The zero-order valence-corrected chi connectivity index (χ0v) is 22.9. The monoisotopic (exact) mass is 488 g/mol. The lowest BCUT2D eigenvalue weighted by molar-refractivity contribution is -0.278. The molecule has 5 rings (SSSR count). The Hall–Kier alpha value is -0.910. The van der Waals surface area contributed by atoms with E-state index in [2.05, 4.69) is 54.5 Å². The van der Waals surface area contributed by atoms with Crippen LogP contribution in [-0.4, -0.2) is 44.7 Å². The van der Waals surface area contributed by atoms with Gasteiger partial charge in [-0.2, -0.15) is 0 Å². The lowest BCUT2D eigenvalue weighted by Crippen LogP contribution is -2.72. The number of hydrogen-bond acceptors (Lipinski definition) is 4. The normalized spacial score (nSPS) is 54.4. The highest BCUT2D eigenvalue weighted by Crippen LogP contribution is 2.75. The lowest BCUT2D eigenvalue weighted by atomic mass is 9.33. The second-order valence-corrected chi connectivity index (χ2v) is 15.2. The third-order valence-corrected chi connectivity index (χ3v) is 13.2. The van der Waals surface area contributed by atoms with Crippen molar-refractivity contribution in [1.29, 1.82) is 0 Å². The molecule has 0 amide bonds. The van der Waals surface area contributed by atoms with Gasteiger partial charge >= 0.3 is 5.97 Å². The van der Waals surface area contributed by atoms with Crippen LogP contribution in [-0.2, 0) is 4.79 Å². The van der Waals surface area contributed by atoms with Gasteiger partial charge < -0.3 is 20.4 Å². The number of carbonyl (C=O) groups is 1. The molecule has 0 heterocycles. The van der Waals surface area contributed by atoms with Crippen molar-refractivity contribution in [3.05, 3.63) is 11.6 Å². The minimum absolute atomic E-state index is 0.0611. The van der Waals surface area contributed by atoms with Gasteiger partial charge in [0, 0.05) is 5.41 Å². The summed E-state index contributed by atoms with van der Waals surface area (Å²) in [6.45, 7) is 15.6. The molecule has 0 radical (unpaired) electrons. The third kappa shape index (κ3) is 2.95. The summed E-state index contributed by atoms with van der Waals surface area (Å²) < 4.78 is 0. The van der Waals surface area contributed by atoms with E-state index in [9.17, 15) is 25.2 Å². The Kier molecular flexibility index (Phi) is 5.40. The lowest BCUT2D eigenvalue weighted by Gasteiger charge is -2.72. The fourth-order valence-corrected chi connectivity index (χ4v) is 10.7. The first-order valence-electron chi connectivity index (χ1n) is 14.0. The van der Waals surface area contributed by atoms with E-state index in [0.717, 1.165) is 51.4 Å². The molecule has 35 heavy (non-hydrogen) atoms. The molecule has 4 fully saturated rings. The quantitative estimate of drug-likeness (QED) is 0.382. The van der Waals surface area contributed by atoms with Crippen LogP contribution in [0.15, 0.2) is 11.6 Å². The van der Waals surface area contributed by atoms with Crippen LogP contribution in [0.25, 0.3) is 0 Å². The van der Waals surface area contributed by atoms with Crippen molar-refractivity contribution in [1.82, 2.24) is 0 Å². The van der Waals surface area contributed by atoms with Gasteiger partial charge in [-0.05, 0) is 90.8 Å². The molecule has 5 aliphatic rings. The van der Waals surface area contributed by atoms with Gasteiger partial charge in [-0.15, -0.1) is 0 Å². The molecule has 0 aliphatic heterocycles. The Bertz CT molecular complexity index is 952. The minimum Gasteiger partial charge on any atom is -0.481 e. The molecule has 0 bridgehead atoms. The number of carboxylic acid groups (broad SMARTS) is 1. The van der Waals surface area contributed by atoms with Crippen LogP contribution in [0.5, 0.6) is 0 Å². The average Bonchev–Trinajstić information content (AvgIpc) is 2.76. The Balaban J connectivity index is 1.63.